The number of rotatable bonds is 2. The SMILES string of the molecule is COc1c(O)ccc([C@@H]2COc3cc(O)cc(O)c3C2=O)c1O. The first-order valence-electron chi connectivity index (χ1n) is 6.75. The molecule has 0 saturated carbocycles. The van der Waals surface area contributed by atoms with Gasteiger partial charge in [-0.15, -0.1) is 0 Å². The van der Waals surface area contributed by atoms with E-state index < -0.39 is 17.5 Å². The number of aromatic hydroxyl groups is 4. The lowest BCUT2D eigenvalue weighted by Gasteiger charge is -2.26. The Balaban J connectivity index is 2.09. The summed E-state index contributed by atoms with van der Waals surface area (Å²) in [5.74, 6) is -2.66. The number of ketones is 1. The predicted molar refractivity (Wildman–Crippen MR) is 78.7 cm³/mol. The Bertz CT molecular complexity index is 798. The normalized spacial score (nSPS) is 16.6. The number of methoxy groups -OCH3 is 1. The molecule has 4 N–H and O–H groups in total. The second-order valence-electron chi connectivity index (χ2n) is 5.12. The number of phenolic OH excluding ortho intramolecular Hbond substituents is 4. The highest BCUT2D eigenvalue weighted by Crippen LogP contribution is 2.45. The van der Waals surface area contributed by atoms with E-state index in [1.807, 2.05) is 0 Å². The van der Waals surface area contributed by atoms with Crippen molar-refractivity contribution in [2.45, 2.75) is 5.92 Å². The van der Waals surface area contributed by atoms with Crippen LogP contribution < -0.4 is 9.47 Å². The molecule has 23 heavy (non-hydrogen) atoms. The molecule has 0 unspecified atom stereocenters. The standard InChI is InChI=1S/C16H14O7/c1-22-16-10(18)3-2-8(15(16)21)9-6-23-12-5-7(17)4-11(19)13(12)14(9)20/h2-5,9,17-19,21H,6H2,1H3/t9-/m0/s1. The molecule has 1 atom stereocenters. The molecule has 0 aliphatic carbocycles. The van der Waals surface area contributed by atoms with E-state index in [0.717, 1.165) is 6.07 Å². The van der Waals surface area contributed by atoms with Gasteiger partial charge in [0.1, 0.15) is 29.4 Å². The van der Waals surface area contributed by atoms with Crippen molar-refractivity contribution in [1.82, 2.24) is 0 Å². The van der Waals surface area contributed by atoms with Gasteiger partial charge in [0.05, 0.1) is 13.0 Å². The van der Waals surface area contributed by atoms with Crippen molar-refractivity contribution in [2.75, 3.05) is 13.7 Å². The summed E-state index contributed by atoms with van der Waals surface area (Å²) >= 11 is 0. The molecule has 3 rings (SSSR count). The van der Waals surface area contributed by atoms with Gasteiger partial charge in [-0.25, -0.2) is 0 Å². The Labute approximate surface area is 131 Å². The summed E-state index contributed by atoms with van der Waals surface area (Å²) < 4.78 is 10.3. The summed E-state index contributed by atoms with van der Waals surface area (Å²) in [4.78, 5) is 12.7. The predicted octanol–water partition coefficient (Wildman–Crippen LogP) is 1.88. The third kappa shape index (κ3) is 2.26. The minimum atomic E-state index is -0.882. The molecular weight excluding hydrogens is 304 g/mol. The summed E-state index contributed by atoms with van der Waals surface area (Å²) in [6, 6.07) is 4.97. The average Bonchev–Trinajstić information content (AvgIpc) is 2.48. The first-order chi connectivity index (χ1) is 10.9. The number of ether oxygens (including phenoxy) is 2. The summed E-state index contributed by atoms with van der Waals surface area (Å²) in [7, 11) is 1.28. The molecule has 7 nitrogen and oxygen atoms in total. The Hall–Kier alpha value is -3.09. The number of hydrogen-bond acceptors (Lipinski definition) is 7. The first-order valence-corrected chi connectivity index (χ1v) is 6.75. The van der Waals surface area contributed by atoms with E-state index in [9.17, 15) is 25.2 Å². The van der Waals surface area contributed by atoms with E-state index in [4.69, 9.17) is 9.47 Å². The summed E-state index contributed by atoms with van der Waals surface area (Å²) in [5, 5.41) is 39.2. The maximum atomic E-state index is 12.7. The molecule has 1 aliphatic heterocycles. The number of Topliss-reactive ketones (excluding diaryl/α,β-unsaturated/α-hetero) is 1. The molecule has 2 aromatic rings. The zero-order valence-corrected chi connectivity index (χ0v) is 12.1. The Kier molecular flexibility index (Phi) is 3.40. The monoisotopic (exact) mass is 318 g/mol. The third-order valence-corrected chi connectivity index (χ3v) is 3.76. The smallest absolute Gasteiger partial charge is 0.203 e. The molecule has 120 valence electrons. The van der Waals surface area contributed by atoms with E-state index in [1.165, 1.54) is 25.3 Å². The topological polar surface area (TPSA) is 116 Å². The third-order valence-electron chi connectivity index (χ3n) is 3.76. The van der Waals surface area contributed by atoms with Gasteiger partial charge in [0.15, 0.2) is 17.3 Å². The van der Waals surface area contributed by atoms with Crippen LogP contribution >= 0.6 is 0 Å². The molecule has 0 aromatic heterocycles. The number of fused-ring (bicyclic) bond motifs is 1. The number of benzene rings is 2. The largest absolute Gasteiger partial charge is 0.508 e. The molecule has 0 amide bonds. The van der Waals surface area contributed by atoms with Crippen LogP contribution in [0.1, 0.15) is 21.8 Å². The molecule has 0 spiro atoms. The van der Waals surface area contributed by atoms with E-state index in [0.29, 0.717) is 0 Å². The van der Waals surface area contributed by atoms with E-state index in [2.05, 4.69) is 0 Å². The van der Waals surface area contributed by atoms with Crippen LogP contribution in [0.25, 0.3) is 0 Å². The maximum Gasteiger partial charge on any atom is 0.203 e. The summed E-state index contributed by atoms with van der Waals surface area (Å²) in [6.07, 6.45) is 0. The van der Waals surface area contributed by atoms with Crippen molar-refractivity contribution in [1.29, 1.82) is 0 Å². The van der Waals surface area contributed by atoms with Crippen LogP contribution in [0.15, 0.2) is 24.3 Å². The Morgan fingerprint density at radius 3 is 2.57 bits per heavy atom. The maximum absolute atomic E-state index is 12.7. The molecule has 2 aromatic carbocycles. The van der Waals surface area contributed by atoms with Gasteiger partial charge in [-0.1, -0.05) is 6.07 Å². The second-order valence-corrected chi connectivity index (χ2v) is 5.12. The molecule has 0 fully saturated rings. The van der Waals surface area contributed by atoms with Crippen molar-refractivity contribution in [3.63, 3.8) is 0 Å². The van der Waals surface area contributed by atoms with E-state index in [1.54, 1.807) is 0 Å². The van der Waals surface area contributed by atoms with Gasteiger partial charge < -0.3 is 29.9 Å². The lowest BCUT2D eigenvalue weighted by atomic mass is 9.87. The van der Waals surface area contributed by atoms with Gasteiger partial charge in [0.25, 0.3) is 0 Å². The van der Waals surface area contributed by atoms with Gasteiger partial charge in [-0.05, 0) is 6.07 Å². The van der Waals surface area contributed by atoms with Crippen LogP contribution in [0.4, 0.5) is 0 Å². The van der Waals surface area contributed by atoms with Crippen molar-refractivity contribution in [3.05, 3.63) is 35.4 Å². The minimum absolute atomic E-state index is 0.0644. The average molecular weight is 318 g/mol. The highest BCUT2D eigenvalue weighted by atomic mass is 16.5. The highest BCUT2D eigenvalue weighted by molar-refractivity contribution is 6.07. The van der Waals surface area contributed by atoms with Gasteiger partial charge in [-0.2, -0.15) is 0 Å². The second kappa shape index (κ2) is 5.28. The van der Waals surface area contributed by atoms with Gasteiger partial charge >= 0.3 is 0 Å². The molecule has 1 aliphatic rings. The highest BCUT2D eigenvalue weighted by Gasteiger charge is 2.35. The molecule has 0 bridgehead atoms. The number of carbonyl (C=O) groups excluding carboxylic acids is 1. The van der Waals surface area contributed by atoms with Crippen LogP contribution in [0.2, 0.25) is 0 Å². The minimum Gasteiger partial charge on any atom is -0.508 e. The van der Waals surface area contributed by atoms with Crippen LogP contribution in [0.3, 0.4) is 0 Å². The molecule has 0 radical (unpaired) electrons. The number of phenols is 4. The van der Waals surface area contributed by atoms with Crippen molar-refractivity contribution >= 4 is 5.78 Å². The van der Waals surface area contributed by atoms with Crippen molar-refractivity contribution in [3.8, 4) is 34.5 Å². The zero-order valence-electron chi connectivity index (χ0n) is 12.1. The molecule has 1 heterocycles. The van der Waals surface area contributed by atoms with Crippen LogP contribution in [-0.4, -0.2) is 39.9 Å². The van der Waals surface area contributed by atoms with Gasteiger partial charge in [0.2, 0.25) is 5.75 Å². The van der Waals surface area contributed by atoms with E-state index >= 15 is 0 Å². The number of hydrogen-bond donors (Lipinski definition) is 4. The van der Waals surface area contributed by atoms with Gasteiger partial charge in [-0.3, -0.25) is 4.79 Å². The number of carbonyl (C=O) groups is 1. The Morgan fingerprint density at radius 1 is 1.13 bits per heavy atom. The van der Waals surface area contributed by atoms with Crippen LogP contribution in [-0.2, 0) is 0 Å². The first kappa shape index (κ1) is 14.8. The molecule has 0 saturated heterocycles. The van der Waals surface area contributed by atoms with Crippen molar-refractivity contribution < 1.29 is 34.7 Å². The summed E-state index contributed by atoms with van der Waals surface area (Å²) in [6.45, 7) is -0.0871. The van der Waals surface area contributed by atoms with Crippen molar-refractivity contribution in [2.24, 2.45) is 0 Å². The fourth-order valence-electron chi connectivity index (χ4n) is 2.66. The Morgan fingerprint density at radius 2 is 1.87 bits per heavy atom. The van der Waals surface area contributed by atoms with E-state index in [-0.39, 0.29) is 46.5 Å². The van der Waals surface area contributed by atoms with Crippen LogP contribution in [0, 0.1) is 0 Å². The fraction of sp³-hybridized carbons (Fsp3) is 0.188. The van der Waals surface area contributed by atoms with Crippen LogP contribution in [0.5, 0.6) is 34.5 Å². The lowest BCUT2D eigenvalue weighted by molar-refractivity contribution is 0.0889. The zero-order chi connectivity index (χ0) is 16.7. The molecular formula is C16H14O7. The van der Waals surface area contributed by atoms with Gasteiger partial charge in [0, 0.05) is 17.7 Å². The molecule has 7 heteroatoms. The fourth-order valence-corrected chi connectivity index (χ4v) is 2.66. The quantitative estimate of drug-likeness (QED) is 0.668. The summed E-state index contributed by atoms with van der Waals surface area (Å²) in [5.41, 5.74) is 0.147. The lowest BCUT2D eigenvalue weighted by Crippen LogP contribution is -2.26.